The molecular weight excluding hydrogens is 270 g/mol. The predicted octanol–water partition coefficient (Wildman–Crippen LogP) is 3.83. The van der Waals surface area contributed by atoms with E-state index < -0.39 is 0 Å². The van der Waals surface area contributed by atoms with Crippen LogP contribution in [-0.2, 0) is 19.4 Å². The summed E-state index contributed by atoms with van der Waals surface area (Å²) in [7, 11) is 0. The Bertz CT molecular complexity index is 618. The highest BCUT2D eigenvalue weighted by Crippen LogP contribution is 2.28. The lowest BCUT2D eigenvalue weighted by Gasteiger charge is -2.27. The second-order valence-electron chi connectivity index (χ2n) is 5.40. The van der Waals surface area contributed by atoms with Gasteiger partial charge in [0.1, 0.15) is 0 Å². The van der Waals surface area contributed by atoms with Crippen molar-refractivity contribution in [3.8, 4) is 0 Å². The zero-order valence-corrected chi connectivity index (χ0v) is 12.7. The molecule has 0 bridgehead atoms. The van der Waals surface area contributed by atoms with Gasteiger partial charge in [-0.2, -0.15) is 5.10 Å². The van der Waals surface area contributed by atoms with Crippen LogP contribution in [0.4, 0.5) is 5.69 Å². The summed E-state index contributed by atoms with van der Waals surface area (Å²) < 4.78 is 2.03. The van der Waals surface area contributed by atoms with Crippen LogP contribution >= 0.6 is 11.6 Å². The first-order valence-electron chi connectivity index (χ1n) is 7.25. The molecule has 0 saturated carbocycles. The number of aryl methyl sites for hydroxylation is 3. The monoisotopic (exact) mass is 289 g/mol. The number of anilines is 1. The van der Waals surface area contributed by atoms with Crippen LogP contribution < -0.4 is 5.32 Å². The van der Waals surface area contributed by atoms with Gasteiger partial charge in [-0.15, -0.1) is 0 Å². The summed E-state index contributed by atoms with van der Waals surface area (Å²) in [4.78, 5) is 0. The Balaban J connectivity index is 1.80. The SMILES string of the molecule is CCn1nc(C)c(Cl)c1CC1CCc2ccccc2N1. The number of aromatic nitrogens is 2. The average Bonchev–Trinajstić information content (AvgIpc) is 2.75. The third kappa shape index (κ3) is 2.42. The Hall–Kier alpha value is -1.48. The van der Waals surface area contributed by atoms with Gasteiger partial charge >= 0.3 is 0 Å². The molecule has 1 aliphatic heterocycles. The van der Waals surface area contributed by atoms with Crippen molar-refractivity contribution in [1.82, 2.24) is 9.78 Å². The van der Waals surface area contributed by atoms with Gasteiger partial charge in [0.05, 0.1) is 16.4 Å². The van der Waals surface area contributed by atoms with Crippen LogP contribution in [0.2, 0.25) is 5.02 Å². The molecule has 1 aromatic carbocycles. The number of para-hydroxylation sites is 1. The molecule has 0 saturated heterocycles. The van der Waals surface area contributed by atoms with E-state index in [-0.39, 0.29) is 0 Å². The van der Waals surface area contributed by atoms with Gasteiger partial charge in [0.15, 0.2) is 0 Å². The largest absolute Gasteiger partial charge is 0.382 e. The summed E-state index contributed by atoms with van der Waals surface area (Å²) in [6, 6.07) is 8.98. The van der Waals surface area contributed by atoms with Gasteiger partial charge in [-0.25, -0.2) is 0 Å². The predicted molar refractivity (Wildman–Crippen MR) is 83.5 cm³/mol. The molecule has 0 amide bonds. The minimum Gasteiger partial charge on any atom is -0.382 e. The van der Waals surface area contributed by atoms with E-state index >= 15 is 0 Å². The fourth-order valence-corrected chi connectivity index (χ4v) is 3.16. The second-order valence-corrected chi connectivity index (χ2v) is 5.78. The van der Waals surface area contributed by atoms with Gasteiger partial charge in [0, 0.05) is 24.7 Å². The van der Waals surface area contributed by atoms with Gasteiger partial charge in [0.2, 0.25) is 0 Å². The summed E-state index contributed by atoms with van der Waals surface area (Å²) >= 11 is 6.40. The highest BCUT2D eigenvalue weighted by molar-refractivity contribution is 6.31. The van der Waals surface area contributed by atoms with Crippen molar-refractivity contribution in [3.63, 3.8) is 0 Å². The fourth-order valence-electron chi connectivity index (χ4n) is 2.95. The van der Waals surface area contributed by atoms with Gasteiger partial charge < -0.3 is 5.32 Å². The van der Waals surface area contributed by atoms with Crippen LogP contribution in [-0.4, -0.2) is 15.8 Å². The molecule has 1 unspecified atom stereocenters. The van der Waals surface area contributed by atoms with E-state index in [9.17, 15) is 0 Å². The number of benzene rings is 1. The van der Waals surface area contributed by atoms with Crippen molar-refractivity contribution in [2.45, 2.75) is 45.7 Å². The van der Waals surface area contributed by atoms with Crippen molar-refractivity contribution >= 4 is 17.3 Å². The summed E-state index contributed by atoms with van der Waals surface area (Å²) in [6.07, 6.45) is 3.20. The Kier molecular flexibility index (Phi) is 3.70. The lowest BCUT2D eigenvalue weighted by molar-refractivity contribution is 0.565. The molecular formula is C16H20ClN3. The Morgan fingerprint density at radius 3 is 3.00 bits per heavy atom. The van der Waals surface area contributed by atoms with Crippen molar-refractivity contribution in [2.75, 3.05) is 5.32 Å². The number of hydrogen-bond acceptors (Lipinski definition) is 2. The fraction of sp³-hybridized carbons (Fsp3) is 0.438. The van der Waals surface area contributed by atoms with Crippen molar-refractivity contribution < 1.29 is 0 Å². The van der Waals surface area contributed by atoms with E-state index in [1.165, 1.54) is 11.3 Å². The molecule has 106 valence electrons. The molecule has 3 rings (SSSR count). The quantitative estimate of drug-likeness (QED) is 0.930. The molecule has 4 heteroatoms. The van der Waals surface area contributed by atoms with Crippen molar-refractivity contribution in [3.05, 3.63) is 46.2 Å². The average molecular weight is 290 g/mol. The van der Waals surface area contributed by atoms with Crippen molar-refractivity contribution in [1.29, 1.82) is 0 Å². The van der Waals surface area contributed by atoms with Gasteiger partial charge in [-0.1, -0.05) is 29.8 Å². The molecule has 2 aromatic rings. The molecule has 1 N–H and O–H groups in total. The van der Waals surface area contributed by atoms with Crippen LogP contribution in [0.1, 0.15) is 30.3 Å². The summed E-state index contributed by atoms with van der Waals surface area (Å²) in [5, 5.41) is 8.96. The smallest absolute Gasteiger partial charge is 0.0847 e. The van der Waals surface area contributed by atoms with Crippen molar-refractivity contribution in [2.24, 2.45) is 0 Å². The topological polar surface area (TPSA) is 29.9 Å². The number of halogens is 1. The molecule has 0 fully saturated rings. The maximum absolute atomic E-state index is 6.40. The first-order chi connectivity index (χ1) is 9.69. The molecule has 0 aliphatic carbocycles. The standard InChI is InChI=1S/C16H20ClN3/c1-3-20-15(16(17)11(2)19-20)10-13-9-8-12-6-4-5-7-14(12)18-13/h4-7,13,18H,3,8-10H2,1-2H3. The first-order valence-corrected chi connectivity index (χ1v) is 7.63. The van der Waals surface area contributed by atoms with E-state index in [4.69, 9.17) is 11.6 Å². The lowest BCUT2D eigenvalue weighted by Crippen LogP contribution is -2.28. The zero-order chi connectivity index (χ0) is 14.1. The molecule has 1 atom stereocenters. The molecule has 0 radical (unpaired) electrons. The highest BCUT2D eigenvalue weighted by Gasteiger charge is 2.21. The van der Waals surface area contributed by atoms with E-state index in [0.717, 1.165) is 42.2 Å². The summed E-state index contributed by atoms with van der Waals surface area (Å²) in [5.74, 6) is 0. The van der Waals surface area contributed by atoms with Crippen LogP contribution in [0.3, 0.4) is 0 Å². The van der Waals surface area contributed by atoms with Crippen LogP contribution in [0.5, 0.6) is 0 Å². The van der Waals surface area contributed by atoms with Crippen LogP contribution in [0.25, 0.3) is 0 Å². The molecule has 3 nitrogen and oxygen atoms in total. The molecule has 1 aliphatic rings. The second kappa shape index (κ2) is 5.49. The molecule has 2 heterocycles. The van der Waals surface area contributed by atoms with Gasteiger partial charge in [-0.3, -0.25) is 4.68 Å². The highest BCUT2D eigenvalue weighted by atomic mass is 35.5. The minimum atomic E-state index is 0.434. The molecule has 20 heavy (non-hydrogen) atoms. The lowest BCUT2D eigenvalue weighted by atomic mass is 9.95. The maximum atomic E-state index is 6.40. The third-order valence-corrected chi connectivity index (χ3v) is 4.52. The number of nitrogens with zero attached hydrogens (tertiary/aromatic N) is 2. The summed E-state index contributed by atoms with van der Waals surface area (Å²) in [6.45, 7) is 4.95. The minimum absolute atomic E-state index is 0.434. The normalized spacial score (nSPS) is 17.6. The van der Waals surface area contributed by atoms with E-state index in [2.05, 4.69) is 41.6 Å². The maximum Gasteiger partial charge on any atom is 0.0847 e. The van der Waals surface area contributed by atoms with E-state index in [1.54, 1.807) is 0 Å². The number of hydrogen-bond donors (Lipinski definition) is 1. The number of nitrogens with one attached hydrogen (secondary N) is 1. The van der Waals surface area contributed by atoms with Gasteiger partial charge in [-0.05, 0) is 38.3 Å². The van der Waals surface area contributed by atoms with Gasteiger partial charge in [0.25, 0.3) is 0 Å². The zero-order valence-electron chi connectivity index (χ0n) is 12.0. The first kappa shape index (κ1) is 13.5. The Morgan fingerprint density at radius 2 is 2.20 bits per heavy atom. The van der Waals surface area contributed by atoms with Crippen LogP contribution in [0, 0.1) is 6.92 Å². The third-order valence-electron chi connectivity index (χ3n) is 4.03. The molecule has 1 aromatic heterocycles. The Labute approximate surface area is 124 Å². The number of rotatable bonds is 3. The van der Waals surface area contributed by atoms with E-state index in [0.29, 0.717) is 6.04 Å². The Morgan fingerprint density at radius 1 is 1.40 bits per heavy atom. The van der Waals surface area contributed by atoms with E-state index in [1.807, 2.05) is 11.6 Å². The summed E-state index contributed by atoms with van der Waals surface area (Å²) in [5.41, 5.74) is 4.76. The van der Waals surface area contributed by atoms with Crippen LogP contribution in [0.15, 0.2) is 24.3 Å². The molecule has 0 spiro atoms. The number of fused-ring (bicyclic) bond motifs is 1.